The predicted molar refractivity (Wildman–Crippen MR) is 83.6 cm³/mol. The van der Waals surface area contributed by atoms with E-state index in [-0.39, 0.29) is 5.82 Å². The Bertz CT molecular complexity index is 433. The Morgan fingerprint density at radius 1 is 1.30 bits per heavy atom. The molecule has 0 spiro atoms. The van der Waals surface area contributed by atoms with E-state index in [1.165, 1.54) is 0 Å². The first-order valence-electron chi connectivity index (χ1n) is 7.86. The van der Waals surface area contributed by atoms with E-state index in [0.29, 0.717) is 5.92 Å². The Kier molecular flexibility index (Phi) is 5.41. The minimum Gasteiger partial charge on any atom is -0.369 e. The summed E-state index contributed by atoms with van der Waals surface area (Å²) in [6.45, 7) is 10.3. The average Bonchev–Trinajstić information content (AvgIpc) is 2.43. The van der Waals surface area contributed by atoms with Crippen LogP contribution in [0.3, 0.4) is 0 Å². The minimum absolute atomic E-state index is 0.0810. The van der Waals surface area contributed by atoms with Gasteiger partial charge in [0.2, 0.25) is 0 Å². The first kappa shape index (κ1) is 15.3. The molecule has 1 N–H and O–H groups in total. The second-order valence-electron chi connectivity index (χ2n) is 6.15. The van der Waals surface area contributed by atoms with Crippen molar-refractivity contribution in [2.24, 2.45) is 11.8 Å². The molecule has 3 heteroatoms. The quantitative estimate of drug-likeness (QED) is 0.824. The Hall–Kier alpha value is -1.09. The molecule has 2 unspecified atom stereocenters. The fourth-order valence-electron chi connectivity index (χ4n) is 2.81. The first-order valence-corrected chi connectivity index (χ1v) is 7.86. The molecule has 1 aromatic rings. The number of nitrogens with one attached hydrogen (secondary N) is 1. The van der Waals surface area contributed by atoms with Crippen molar-refractivity contribution >= 4 is 5.69 Å². The molecule has 112 valence electrons. The second kappa shape index (κ2) is 7.07. The van der Waals surface area contributed by atoms with Crippen LogP contribution in [-0.2, 0) is 6.54 Å². The van der Waals surface area contributed by atoms with Gasteiger partial charge in [-0.3, -0.25) is 0 Å². The lowest BCUT2D eigenvalue weighted by molar-refractivity contribution is 0.322. The summed E-state index contributed by atoms with van der Waals surface area (Å²) in [5.74, 6) is 1.29. The minimum atomic E-state index is -0.0810. The molecule has 1 aliphatic rings. The Morgan fingerprint density at radius 2 is 2.10 bits per heavy atom. The first-order chi connectivity index (χ1) is 9.61. The van der Waals surface area contributed by atoms with Crippen LogP contribution < -0.4 is 10.2 Å². The summed E-state index contributed by atoms with van der Waals surface area (Å²) in [5, 5.41) is 3.31. The van der Waals surface area contributed by atoms with E-state index >= 15 is 0 Å². The Morgan fingerprint density at radius 3 is 2.75 bits per heavy atom. The standard InChI is InChI=1S/C17H27FN2/c1-4-8-19-11-15-5-6-17(16(18)10-15)20-9-7-13(2)14(3)12-20/h5-6,10,13-14,19H,4,7-9,11-12H2,1-3H3. The van der Waals surface area contributed by atoms with Crippen molar-refractivity contribution in [3.8, 4) is 0 Å². The van der Waals surface area contributed by atoms with Crippen molar-refractivity contribution in [1.82, 2.24) is 5.32 Å². The largest absolute Gasteiger partial charge is 0.369 e. The van der Waals surface area contributed by atoms with Crippen LogP contribution in [0.2, 0.25) is 0 Å². The monoisotopic (exact) mass is 278 g/mol. The number of halogens is 1. The SMILES string of the molecule is CCCNCc1ccc(N2CCC(C)C(C)C2)c(F)c1. The molecule has 1 fully saturated rings. The van der Waals surface area contributed by atoms with Gasteiger partial charge in [-0.25, -0.2) is 4.39 Å². The molecular weight excluding hydrogens is 251 g/mol. The van der Waals surface area contributed by atoms with Gasteiger partial charge in [-0.1, -0.05) is 26.8 Å². The number of benzene rings is 1. The van der Waals surface area contributed by atoms with Gasteiger partial charge < -0.3 is 10.2 Å². The van der Waals surface area contributed by atoms with Gasteiger partial charge in [0, 0.05) is 19.6 Å². The number of hydrogen-bond acceptors (Lipinski definition) is 2. The van der Waals surface area contributed by atoms with Crippen molar-refractivity contribution in [3.63, 3.8) is 0 Å². The van der Waals surface area contributed by atoms with E-state index in [1.54, 1.807) is 6.07 Å². The van der Waals surface area contributed by atoms with Gasteiger partial charge in [-0.15, -0.1) is 0 Å². The highest BCUT2D eigenvalue weighted by molar-refractivity contribution is 5.49. The summed E-state index contributed by atoms with van der Waals surface area (Å²) in [6, 6.07) is 5.67. The number of anilines is 1. The maximum Gasteiger partial charge on any atom is 0.146 e. The lowest BCUT2D eigenvalue weighted by atomic mass is 9.88. The molecule has 2 atom stereocenters. The topological polar surface area (TPSA) is 15.3 Å². The summed E-state index contributed by atoms with van der Waals surface area (Å²) < 4.78 is 14.3. The van der Waals surface area contributed by atoms with Crippen LogP contribution in [0.25, 0.3) is 0 Å². The molecule has 2 nitrogen and oxygen atoms in total. The average molecular weight is 278 g/mol. The molecule has 1 aromatic carbocycles. The normalized spacial score (nSPS) is 23.1. The number of hydrogen-bond donors (Lipinski definition) is 1. The maximum absolute atomic E-state index is 14.3. The zero-order chi connectivity index (χ0) is 14.5. The number of nitrogens with zero attached hydrogens (tertiary/aromatic N) is 1. The van der Waals surface area contributed by atoms with Crippen LogP contribution in [-0.4, -0.2) is 19.6 Å². The van der Waals surface area contributed by atoms with Gasteiger partial charge in [0.25, 0.3) is 0 Å². The van der Waals surface area contributed by atoms with Crippen molar-refractivity contribution in [3.05, 3.63) is 29.6 Å². The van der Waals surface area contributed by atoms with Crippen LogP contribution in [0.15, 0.2) is 18.2 Å². The third-order valence-electron chi connectivity index (χ3n) is 4.44. The summed E-state index contributed by atoms with van der Waals surface area (Å²) in [6.07, 6.45) is 2.25. The molecule has 0 aromatic heterocycles. The lowest BCUT2D eigenvalue weighted by Crippen LogP contribution is -2.38. The summed E-state index contributed by atoms with van der Waals surface area (Å²) in [4.78, 5) is 2.20. The van der Waals surface area contributed by atoms with Gasteiger partial charge in [0.05, 0.1) is 5.69 Å². The van der Waals surface area contributed by atoms with Gasteiger partial charge >= 0.3 is 0 Å². The maximum atomic E-state index is 14.3. The summed E-state index contributed by atoms with van der Waals surface area (Å²) >= 11 is 0. The van der Waals surface area contributed by atoms with Crippen molar-refractivity contribution in [2.45, 2.75) is 40.2 Å². The van der Waals surface area contributed by atoms with Crippen LogP contribution >= 0.6 is 0 Å². The molecule has 0 saturated carbocycles. The summed E-state index contributed by atoms with van der Waals surface area (Å²) in [5.41, 5.74) is 1.79. The van der Waals surface area contributed by atoms with Crippen molar-refractivity contribution in [2.75, 3.05) is 24.5 Å². The molecule has 0 bridgehead atoms. The van der Waals surface area contributed by atoms with Crippen molar-refractivity contribution < 1.29 is 4.39 Å². The molecule has 2 rings (SSSR count). The molecule has 1 aliphatic heterocycles. The predicted octanol–water partition coefficient (Wildman–Crippen LogP) is 3.81. The van der Waals surface area contributed by atoms with E-state index in [4.69, 9.17) is 0 Å². The van der Waals surface area contributed by atoms with E-state index in [2.05, 4.69) is 31.0 Å². The highest BCUT2D eigenvalue weighted by Gasteiger charge is 2.24. The molecule has 0 amide bonds. The highest BCUT2D eigenvalue weighted by atomic mass is 19.1. The number of rotatable bonds is 5. The molecule has 0 radical (unpaired) electrons. The smallest absolute Gasteiger partial charge is 0.146 e. The molecular formula is C17H27FN2. The van der Waals surface area contributed by atoms with E-state index in [0.717, 1.165) is 56.2 Å². The van der Waals surface area contributed by atoms with Crippen LogP contribution in [0.4, 0.5) is 10.1 Å². The van der Waals surface area contributed by atoms with E-state index < -0.39 is 0 Å². The molecule has 1 saturated heterocycles. The van der Waals surface area contributed by atoms with Gasteiger partial charge in [0.15, 0.2) is 0 Å². The zero-order valence-corrected chi connectivity index (χ0v) is 13.0. The Labute approximate surface area is 122 Å². The van der Waals surface area contributed by atoms with Crippen LogP contribution in [0.5, 0.6) is 0 Å². The third-order valence-corrected chi connectivity index (χ3v) is 4.44. The molecule has 0 aliphatic carbocycles. The second-order valence-corrected chi connectivity index (χ2v) is 6.15. The van der Waals surface area contributed by atoms with Gasteiger partial charge in [-0.05, 0) is 48.9 Å². The van der Waals surface area contributed by atoms with E-state index in [9.17, 15) is 4.39 Å². The Balaban J connectivity index is 2.02. The highest BCUT2D eigenvalue weighted by Crippen LogP contribution is 2.29. The fraction of sp³-hybridized carbons (Fsp3) is 0.647. The third kappa shape index (κ3) is 3.72. The van der Waals surface area contributed by atoms with Crippen LogP contribution in [0.1, 0.15) is 39.2 Å². The van der Waals surface area contributed by atoms with Crippen LogP contribution in [0, 0.1) is 17.7 Å². The summed E-state index contributed by atoms with van der Waals surface area (Å²) in [7, 11) is 0. The fourth-order valence-corrected chi connectivity index (χ4v) is 2.81. The van der Waals surface area contributed by atoms with Crippen molar-refractivity contribution in [1.29, 1.82) is 0 Å². The van der Waals surface area contributed by atoms with Gasteiger partial charge in [-0.2, -0.15) is 0 Å². The zero-order valence-electron chi connectivity index (χ0n) is 13.0. The lowest BCUT2D eigenvalue weighted by Gasteiger charge is -2.37. The molecule has 20 heavy (non-hydrogen) atoms. The number of piperidine rings is 1. The molecule has 1 heterocycles. The van der Waals surface area contributed by atoms with E-state index in [1.807, 2.05) is 12.1 Å². The van der Waals surface area contributed by atoms with Gasteiger partial charge in [0.1, 0.15) is 5.82 Å².